The number of hydroxylamine groups is 2. The van der Waals surface area contributed by atoms with Crippen molar-refractivity contribution in [2.45, 2.75) is 38.3 Å². The highest BCUT2D eigenvalue weighted by Gasteiger charge is 2.35. The first-order valence-electron chi connectivity index (χ1n) is 8.99. The molecule has 0 aromatic heterocycles. The average molecular weight is 352 g/mol. The average Bonchev–Trinajstić information content (AvgIpc) is 3.22. The van der Waals surface area contributed by atoms with Gasteiger partial charge in [-0.05, 0) is 30.5 Å². The van der Waals surface area contributed by atoms with E-state index in [0.717, 1.165) is 31.2 Å². The van der Waals surface area contributed by atoms with Crippen LogP contribution in [0, 0.1) is 0 Å². The van der Waals surface area contributed by atoms with E-state index in [2.05, 4.69) is 0 Å². The molecule has 3 rings (SSSR count). The number of amides is 3. The van der Waals surface area contributed by atoms with Crippen LogP contribution in [0.2, 0.25) is 0 Å². The van der Waals surface area contributed by atoms with E-state index in [1.54, 1.807) is 12.1 Å². The molecule has 5 nitrogen and oxygen atoms in total. The maximum atomic E-state index is 13.2. The molecule has 1 aliphatic rings. The van der Waals surface area contributed by atoms with E-state index in [9.17, 15) is 9.59 Å². The largest absolute Gasteiger partial charge is 0.351 e. The Morgan fingerprint density at radius 2 is 1.54 bits per heavy atom. The van der Waals surface area contributed by atoms with Gasteiger partial charge in [-0.15, -0.1) is 0 Å². The Hall–Kier alpha value is -2.66. The summed E-state index contributed by atoms with van der Waals surface area (Å²) in [6.07, 6.45) is 3.74. The number of hydrogen-bond acceptors (Lipinski definition) is 3. The number of carbonyl (C=O) groups is 2. The van der Waals surface area contributed by atoms with Crippen LogP contribution in [0.1, 0.15) is 41.6 Å². The molecule has 5 heteroatoms. The molecule has 1 fully saturated rings. The summed E-state index contributed by atoms with van der Waals surface area (Å²) in [6, 6.07) is 18.1. The predicted molar refractivity (Wildman–Crippen MR) is 99.3 cm³/mol. The molecule has 0 bridgehead atoms. The van der Waals surface area contributed by atoms with Crippen molar-refractivity contribution in [3.63, 3.8) is 0 Å². The first kappa shape index (κ1) is 18.1. The van der Waals surface area contributed by atoms with Crippen LogP contribution >= 0.6 is 0 Å². The Balaban J connectivity index is 1.85. The second-order valence-corrected chi connectivity index (χ2v) is 6.47. The molecule has 0 atom stereocenters. The van der Waals surface area contributed by atoms with Gasteiger partial charge in [-0.25, -0.2) is 4.79 Å². The van der Waals surface area contributed by atoms with Crippen LogP contribution < -0.4 is 0 Å². The van der Waals surface area contributed by atoms with Gasteiger partial charge >= 0.3 is 6.03 Å². The molecular weight excluding hydrogens is 328 g/mol. The lowest BCUT2D eigenvalue weighted by molar-refractivity contribution is -0.103. The normalized spacial score (nSPS) is 14.2. The SMILES string of the molecule is CON(Cc1ccccc1)C(=O)N(C(=O)c1ccccc1)C1CCCC1. The zero-order valence-corrected chi connectivity index (χ0v) is 15.0. The number of carbonyl (C=O) groups excluding carboxylic acids is 2. The predicted octanol–water partition coefficient (Wildman–Crippen LogP) is 4.26. The topological polar surface area (TPSA) is 49.9 Å². The Morgan fingerprint density at radius 3 is 2.12 bits per heavy atom. The lowest BCUT2D eigenvalue weighted by atomic mass is 10.1. The third-order valence-corrected chi connectivity index (χ3v) is 4.74. The van der Waals surface area contributed by atoms with Crippen LogP contribution in [0.15, 0.2) is 60.7 Å². The van der Waals surface area contributed by atoms with Gasteiger partial charge in [0.05, 0.1) is 13.7 Å². The molecule has 136 valence electrons. The van der Waals surface area contributed by atoms with Crippen molar-refractivity contribution in [3.05, 3.63) is 71.8 Å². The molecule has 0 radical (unpaired) electrons. The van der Waals surface area contributed by atoms with Crippen molar-refractivity contribution in [2.75, 3.05) is 7.11 Å². The fourth-order valence-corrected chi connectivity index (χ4v) is 3.37. The summed E-state index contributed by atoms with van der Waals surface area (Å²) in [4.78, 5) is 33.0. The third kappa shape index (κ3) is 4.11. The highest BCUT2D eigenvalue weighted by atomic mass is 16.7. The first-order valence-corrected chi connectivity index (χ1v) is 8.99. The highest BCUT2D eigenvalue weighted by Crippen LogP contribution is 2.26. The Morgan fingerprint density at radius 1 is 0.962 bits per heavy atom. The number of hydrogen-bond donors (Lipinski definition) is 0. The van der Waals surface area contributed by atoms with E-state index in [-0.39, 0.29) is 11.9 Å². The molecule has 0 N–H and O–H groups in total. The molecule has 26 heavy (non-hydrogen) atoms. The van der Waals surface area contributed by atoms with Gasteiger partial charge in [-0.3, -0.25) is 14.5 Å². The highest BCUT2D eigenvalue weighted by molar-refractivity contribution is 6.04. The molecule has 0 aliphatic heterocycles. The Labute approximate surface area is 154 Å². The fourth-order valence-electron chi connectivity index (χ4n) is 3.37. The molecule has 1 saturated carbocycles. The molecule has 2 aromatic carbocycles. The lowest BCUT2D eigenvalue weighted by Gasteiger charge is -2.31. The van der Waals surface area contributed by atoms with E-state index in [0.29, 0.717) is 12.1 Å². The minimum atomic E-state index is -0.405. The van der Waals surface area contributed by atoms with Gasteiger partial charge in [0, 0.05) is 11.6 Å². The zero-order valence-electron chi connectivity index (χ0n) is 15.0. The second-order valence-electron chi connectivity index (χ2n) is 6.47. The van der Waals surface area contributed by atoms with Gasteiger partial charge in [0.2, 0.25) is 0 Å². The van der Waals surface area contributed by atoms with Crippen LogP contribution in [-0.4, -0.2) is 35.1 Å². The summed E-state index contributed by atoms with van der Waals surface area (Å²) < 4.78 is 0. The van der Waals surface area contributed by atoms with Crippen LogP contribution in [0.3, 0.4) is 0 Å². The van der Waals surface area contributed by atoms with E-state index >= 15 is 0 Å². The van der Waals surface area contributed by atoms with Crippen LogP contribution in [0.5, 0.6) is 0 Å². The smallest absolute Gasteiger partial charge is 0.272 e. The monoisotopic (exact) mass is 352 g/mol. The summed E-state index contributed by atoms with van der Waals surface area (Å²) >= 11 is 0. The van der Waals surface area contributed by atoms with E-state index in [1.165, 1.54) is 17.1 Å². The molecule has 0 saturated heterocycles. The van der Waals surface area contributed by atoms with Crippen LogP contribution in [-0.2, 0) is 11.4 Å². The first-order chi connectivity index (χ1) is 12.7. The Kier molecular flexibility index (Phi) is 6.02. The molecule has 0 spiro atoms. The quantitative estimate of drug-likeness (QED) is 0.756. The number of urea groups is 1. The lowest BCUT2D eigenvalue weighted by Crippen LogP contribution is -2.50. The summed E-state index contributed by atoms with van der Waals surface area (Å²) in [5.41, 5.74) is 1.46. The number of nitrogens with zero attached hydrogens (tertiary/aromatic N) is 2. The molecule has 2 aromatic rings. The summed E-state index contributed by atoms with van der Waals surface area (Å²) in [5.74, 6) is -0.266. The van der Waals surface area contributed by atoms with Crippen molar-refractivity contribution in [1.29, 1.82) is 0 Å². The number of rotatable bonds is 5. The molecular formula is C21H24N2O3. The maximum absolute atomic E-state index is 13.2. The molecule has 3 amide bonds. The van der Waals surface area contributed by atoms with E-state index in [4.69, 9.17) is 4.84 Å². The Bertz CT molecular complexity index is 727. The minimum Gasteiger partial charge on any atom is -0.272 e. The zero-order chi connectivity index (χ0) is 18.4. The van der Waals surface area contributed by atoms with Gasteiger partial charge in [0.1, 0.15) is 0 Å². The van der Waals surface area contributed by atoms with E-state index < -0.39 is 6.03 Å². The van der Waals surface area contributed by atoms with Gasteiger partial charge < -0.3 is 0 Å². The maximum Gasteiger partial charge on any atom is 0.351 e. The number of benzene rings is 2. The number of imide groups is 1. The van der Waals surface area contributed by atoms with Crippen LogP contribution in [0.25, 0.3) is 0 Å². The van der Waals surface area contributed by atoms with Gasteiger partial charge in [0.15, 0.2) is 0 Å². The van der Waals surface area contributed by atoms with Crippen molar-refractivity contribution in [1.82, 2.24) is 9.96 Å². The van der Waals surface area contributed by atoms with Gasteiger partial charge in [-0.2, -0.15) is 5.06 Å². The van der Waals surface area contributed by atoms with Gasteiger partial charge in [-0.1, -0.05) is 61.4 Å². The van der Waals surface area contributed by atoms with Crippen molar-refractivity contribution in [3.8, 4) is 0 Å². The fraction of sp³-hybridized carbons (Fsp3) is 0.333. The summed E-state index contributed by atoms with van der Waals surface area (Å²) in [7, 11) is 1.46. The van der Waals surface area contributed by atoms with Crippen molar-refractivity contribution >= 4 is 11.9 Å². The molecule has 0 unspecified atom stereocenters. The third-order valence-electron chi connectivity index (χ3n) is 4.74. The molecule has 0 heterocycles. The molecule has 1 aliphatic carbocycles. The van der Waals surface area contributed by atoms with Crippen molar-refractivity contribution < 1.29 is 14.4 Å². The van der Waals surface area contributed by atoms with E-state index in [1.807, 2.05) is 48.5 Å². The standard InChI is InChI=1S/C21H24N2O3/c1-26-22(16-17-10-4-2-5-11-17)21(25)23(19-14-8-9-15-19)20(24)18-12-6-3-7-13-18/h2-7,10-13,19H,8-9,14-16H2,1H3. The van der Waals surface area contributed by atoms with Gasteiger partial charge in [0.25, 0.3) is 5.91 Å². The minimum absolute atomic E-state index is 0.0800. The second kappa shape index (κ2) is 8.63. The van der Waals surface area contributed by atoms with Crippen molar-refractivity contribution in [2.24, 2.45) is 0 Å². The summed E-state index contributed by atoms with van der Waals surface area (Å²) in [5, 5.41) is 1.26. The summed E-state index contributed by atoms with van der Waals surface area (Å²) in [6.45, 7) is 0.293. The van der Waals surface area contributed by atoms with Crippen LogP contribution in [0.4, 0.5) is 4.79 Å².